The standard InChI is InChI=1S/C14H19Cl2NO/c1-3-17(4-2)8-7-13(18)10-11-9-12(15)5-6-14(11)16/h5-6,9H,3-4,7-8,10H2,1-2H3. The number of Topliss-reactive ketones (excluding diaryl/α,β-unsaturated/α-hetero) is 1. The molecule has 0 amide bonds. The lowest BCUT2D eigenvalue weighted by molar-refractivity contribution is -0.118. The number of nitrogens with zero attached hydrogens (tertiary/aromatic N) is 1. The van der Waals surface area contributed by atoms with Crippen LogP contribution in [-0.4, -0.2) is 30.3 Å². The van der Waals surface area contributed by atoms with E-state index in [1.807, 2.05) is 0 Å². The number of hydrogen-bond donors (Lipinski definition) is 0. The maximum absolute atomic E-state index is 11.9. The smallest absolute Gasteiger partial charge is 0.138 e. The normalized spacial score (nSPS) is 10.9. The number of halogens is 2. The Hall–Kier alpha value is -0.570. The van der Waals surface area contributed by atoms with Crippen LogP contribution in [0.4, 0.5) is 0 Å². The summed E-state index contributed by atoms with van der Waals surface area (Å²) in [5.74, 6) is 0.200. The van der Waals surface area contributed by atoms with Crippen molar-refractivity contribution < 1.29 is 4.79 Å². The van der Waals surface area contributed by atoms with Gasteiger partial charge in [0.25, 0.3) is 0 Å². The molecule has 0 aromatic heterocycles. The van der Waals surface area contributed by atoms with Gasteiger partial charge in [0.1, 0.15) is 5.78 Å². The number of hydrogen-bond acceptors (Lipinski definition) is 2. The molecular formula is C14H19Cl2NO. The molecule has 0 saturated heterocycles. The third-order valence-electron chi connectivity index (χ3n) is 3.00. The van der Waals surface area contributed by atoms with Crippen molar-refractivity contribution in [3.8, 4) is 0 Å². The topological polar surface area (TPSA) is 20.3 Å². The van der Waals surface area contributed by atoms with Crippen molar-refractivity contribution in [3.63, 3.8) is 0 Å². The van der Waals surface area contributed by atoms with Crippen molar-refractivity contribution in [1.29, 1.82) is 0 Å². The lowest BCUT2D eigenvalue weighted by Gasteiger charge is -2.17. The van der Waals surface area contributed by atoms with Crippen molar-refractivity contribution in [2.75, 3.05) is 19.6 Å². The Kier molecular flexibility index (Phi) is 6.69. The van der Waals surface area contributed by atoms with Crippen molar-refractivity contribution in [3.05, 3.63) is 33.8 Å². The summed E-state index contributed by atoms with van der Waals surface area (Å²) in [5, 5.41) is 1.22. The summed E-state index contributed by atoms with van der Waals surface area (Å²) >= 11 is 11.9. The molecule has 0 bridgehead atoms. The molecule has 0 aliphatic rings. The monoisotopic (exact) mass is 287 g/mol. The van der Waals surface area contributed by atoms with Gasteiger partial charge in [0.2, 0.25) is 0 Å². The van der Waals surface area contributed by atoms with E-state index in [1.165, 1.54) is 0 Å². The molecule has 0 atom stereocenters. The summed E-state index contributed by atoms with van der Waals surface area (Å²) in [7, 11) is 0. The van der Waals surface area contributed by atoms with E-state index in [0.717, 1.165) is 25.2 Å². The molecule has 0 fully saturated rings. The Balaban J connectivity index is 2.51. The van der Waals surface area contributed by atoms with Gasteiger partial charge >= 0.3 is 0 Å². The molecular weight excluding hydrogens is 269 g/mol. The lowest BCUT2D eigenvalue weighted by Crippen LogP contribution is -2.26. The fourth-order valence-electron chi connectivity index (χ4n) is 1.80. The maximum Gasteiger partial charge on any atom is 0.138 e. The van der Waals surface area contributed by atoms with Gasteiger partial charge in [-0.05, 0) is 36.9 Å². The molecule has 4 heteroatoms. The van der Waals surface area contributed by atoms with E-state index in [9.17, 15) is 4.79 Å². The molecule has 0 unspecified atom stereocenters. The number of ketones is 1. The van der Waals surface area contributed by atoms with Crippen LogP contribution in [0.25, 0.3) is 0 Å². The third kappa shape index (κ3) is 4.97. The Morgan fingerprint density at radius 1 is 1.22 bits per heavy atom. The van der Waals surface area contributed by atoms with Crippen LogP contribution in [0.3, 0.4) is 0 Å². The number of carbonyl (C=O) groups excluding carboxylic acids is 1. The Labute approximate surface area is 119 Å². The second kappa shape index (κ2) is 7.78. The van der Waals surface area contributed by atoms with Gasteiger partial charge in [-0.15, -0.1) is 0 Å². The van der Waals surface area contributed by atoms with Gasteiger partial charge < -0.3 is 4.90 Å². The summed E-state index contributed by atoms with van der Waals surface area (Å²) in [6.45, 7) is 6.96. The highest BCUT2D eigenvalue weighted by Crippen LogP contribution is 2.21. The molecule has 0 spiro atoms. The van der Waals surface area contributed by atoms with Gasteiger partial charge in [0.15, 0.2) is 0 Å². The van der Waals surface area contributed by atoms with Crippen LogP contribution in [0.5, 0.6) is 0 Å². The van der Waals surface area contributed by atoms with E-state index >= 15 is 0 Å². The van der Waals surface area contributed by atoms with E-state index in [-0.39, 0.29) is 5.78 Å². The van der Waals surface area contributed by atoms with Crippen molar-refractivity contribution >= 4 is 29.0 Å². The Morgan fingerprint density at radius 3 is 2.50 bits per heavy atom. The molecule has 1 aromatic carbocycles. The summed E-state index contributed by atoms with van der Waals surface area (Å²) < 4.78 is 0. The summed E-state index contributed by atoms with van der Waals surface area (Å²) in [6.07, 6.45) is 0.922. The van der Waals surface area contributed by atoms with Gasteiger partial charge in [-0.1, -0.05) is 37.0 Å². The molecule has 1 aromatic rings. The summed E-state index contributed by atoms with van der Waals surface area (Å²) in [4.78, 5) is 14.1. The van der Waals surface area contributed by atoms with Crippen LogP contribution in [0.15, 0.2) is 18.2 Å². The SMILES string of the molecule is CCN(CC)CCC(=O)Cc1cc(Cl)ccc1Cl. The first-order valence-corrected chi connectivity index (χ1v) is 7.00. The highest BCUT2D eigenvalue weighted by Gasteiger charge is 2.09. The zero-order valence-electron chi connectivity index (χ0n) is 10.9. The fraction of sp³-hybridized carbons (Fsp3) is 0.500. The van der Waals surface area contributed by atoms with E-state index in [0.29, 0.717) is 22.9 Å². The van der Waals surface area contributed by atoms with Gasteiger partial charge in [-0.25, -0.2) is 0 Å². The van der Waals surface area contributed by atoms with Crippen molar-refractivity contribution in [2.45, 2.75) is 26.7 Å². The van der Waals surface area contributed by atoms with Crippen molar-refractivity contribution in [2.24, 2.45) is 0 Å². The first-order valence-electron chi connectivity index (χ1n) is 6.24. The van der Waals surface area contributed by atoms with Crippen LogP contribution >= 0.6 is 23.2 Å². The van der Waals surface area contributed by atoms with E-state index in [1.54, 1.807) is 18.2 Å². The molecule has 18 heavy (non-hydrogen) atoms. The van der Waals surface area contributed by atoms with Crippen LogP contribution in [-0.2, 0) is 11.2 Å². The predicted octanol–water partition coefficient (Wildman–Crippen LogP) is 3.84. The molecule has 100 valence electrons. The molecule has 0 heterocycles. The molecule has 0 radical (unpaired) electrons. The van der Waals surface area contributed by atoms with Gasteiger partial charge in [-0.2, -0.15) is 0 Å². The zero-order valence-corrected chi connectivity index (χ0v) is 12.4. The van der Waals surface area contributed by atoms with Crippen LogP contribution in [0.1, 0.15) is 25.8 Å². The molecule has 0 N–H and O–H groups in total. The van der Waals surface area contributed by atoms with Crippen LogP contribution in [0.2, 0.25) is 10.0 Å². The van der Waals surface area contributed by atoms with Gasteiger partial charge in [0.05, 0.1) is 0 Å². The molecule has 1 rings (SSSR count). The molecule has 0 saturated carbocycles. The Morgan fingerprint density at radius 2 is 1.89 bits per heavy atom. The fourth-order valence-corrected chi connectivity index (χ4v) is 2.18. The van der Waals surface area contributed by atoms with Gasteiger partial charge in [-0.3, -0.25) is 4.79 Å². The van der Waals surface area contributed by atoms with Crippen LogP contribution in [0, 0.1) is 0 Å². The minimum absolute atomic E-state index is 0.200. The minimum atomic E-state index is 0.200. The number of carbonyl (C=O) groups is 1. The quantitative estimate of drug-likeness (QED) is 0.760. The number of benzene rings is 1. The highest BCUT2D eigenvalue weighted by molar-refractivity contribution is 6.33. The van der Waals surface area contributed by atoms with Crippen LogP contribution < -0.4 is 0 Å². The van der Waals surface area contributed by atoms with E-state index in [2.05, 4.69) is 18.7 Å². The predicted molar refractivity (Wildman–Crippen MR) is 77.6 cm³/mol. The van der Waals surface area contributed by atoms with Crippen molar-refractivity contribution in [1.82, 2.24) is 4.90 Å². The summed E-state index contributed by atoms with van der Waals surface area (Å²) in [6, 6.07) is 5.23. The highest BCUT2D eigenvalue weighted by atomic mass is 35.5. The average Bonchev–Trinajstić information content (AvgIpc) is 2.35. The second-order valence-corrected chi connectivity index (χ2v) is 5.07. The Bertz CT molecular complexity index is 403. The first-order chi connectivity index (χ1) is 8.56. The summed E-state index contributed by atoms with van der Waals surface area (Å²) in [5.41, 5.74) is 0.814. The third-order valence-corrected chi connectivity index (χ3v) is 3.60. The minimum Gasteiger partial charge on any atom is -0.303 e. The lowest BCUT2D eigenvalue weighted by atomic mass is 10.1. The molecule has 0 aliphatic carbocycles. The van der Waals surface area contributed by atoms with Gasteiger partial charge in [0, 0.05) is 29.4 Å². The molecule has 0 aliphatic heterocycles. The molecule has 2 nitrogen and oxygen atoms in total. The number of rotatable bonds is 7. The largest absolute Gasteiger partial charge is 0.303 e. The first kappa shape index (κ1) is 15.5. The van der Waals surface area contributed by atoms with E-state index < -0.39 is 0 Å². The maximum atomic E-state index is 11.9. The second-order valence-electron chi connectivity index (χ2n) is 4.23. The zero-order chi connectivity index (χ0) is 13.5. The average molecular weight is 288 g/mol. The van der Waals surface area contributed by atoms with E-state index in [4.69, 9.17) is 23.2 Å².